The minimum Gasteiger partial charge on any atom is -0.445 e. The van der Waals surface area contributed by atoms with Crippen LogP contribution in [0.1, 0.15) is 24.0 Å². The Hall–Kier alpha value is -4.45. The van der Waals surface area contributed by atoms with E-state index in [2.05, 4.69) is 17.2 Å². The summed E-state index contributed by atoms with van der Waals surface area (Å²) >= 11 is 0. The molecule has 2 aliphatic rings. The first-order valence-corrected chi connectivity index (χ1v) is 14.0. The lowest BCUT2D eigenvalue weighted by atomic mass is 10.0. The lowest BCUT2D eigenvalue weighted by molar-refractivity contribution is -0.187. The number of nitrogens with zero attached hydrogens (tertiary/aromatic N) is 4. The summed E-state index contributed by atoms with van der Waals surface area (Å²) in [7, 11) is 1.67. The Kier molecular flexibility index (Phi) is 10.5. The second-order valence-electron chi connectivity index (χ2n) is 10.2. The maximum Gasteiger partial charge on any atom is 0.407 e. The van der Waals surface area contributed by atoms with Crippen molar-refractivity contribution in [1.29, 1.82) is 0 Å². The predicted octanol–water partition coefficient (Wildman–Crippen LogP) is 2.50. The topological polar surface area (TPSA) is 115 Å². The molecule has 2 atom stereocenters. The third-order valence-corrected chi connectivity index (χ3v) is 7.27. The van der Waals surface area contributed by atoms with Crippen molar-refractivity contribution >= 4 is 23.9 Å². The molecule has 0 bridgehead atoms. The molecule has 11 nitrogen and oxygen atoms in total. The van der Waals surface area contributed by atoms with E-state index in [0.29, 0.717) is 25.9 Å². The van der Waals surface area contributed by atoms with Gasteiger partial charge in [-0.25, -0.2) is 24.0 Å². The molecule has 224 valence electrons. The van der Waals surface area contributed by atoms with Crippen molar-refractivity contribution in [2.75, 3.05) is 39.8 Å². The summed E-state index contributed by atoms with van der Waals surface area (Å²) in [5, 5.41) is 8.64. The van der Waals surface area contributed by atoms with E-state index in [9.17, 15) is 23.6 Å². The fraction of sp³-hybridized carbons (Fsp3) is 0.400. The van der Waals surface area contributed by atoms with Gasteiger partial charge in [0.1, 0.15) is 24.6 Å². The number of carbonyl (C=O) groups excluding carboxylic acids is 4. The standard InChI is InChI=1S/C30H37FN6O5/c1-3-18-42-30(41)32-16-7-10-25-28(39)35(17-15-22-11-13-24(31)14-12-22)20-26-36(25)27(38)21-34(2)37(26)29(40)33-19-23-8-5-4-6-9-23/h3-6,8-9,11-14,25-26H,1,7,10,15-21H2,2H3,(H,32,41)(H,33,40)/t25-,26?/m0/s1. The molecule has 2 saturated heterocycles. The maximum absolute atomic E-state index is 13.8. The Labute approximate surface area is 244 Å². The van der Waals surface area contributed by atoms with Crippen LogP contribution in [0.15, 0.2) is 67.3 Å². The number of rotatable bonds is 11. The maximum atomic E-state index is 13.8. The molecule has 2 aromatic rings. The van der Waals surface area contributed by atoms with Gasteiger partial charge in [-0.2, -0.15) is 0 Å². The molecule has 1 unspecified atom stereocenters. The van der Waals surface area contributed by atoms with Gasteiger partial charge >= 0.3 is 12.1 Å². The molecule has 42 heavy (non-hydrogen) atoms. The largest absolute Gasteiger partial charge is 0.445 e. The monoisotopic (exact) mass is 580 g/mol. The van der Waals surface area contributed by atoms with Gasteiger partial charge in [-0.05, 0) is 42.5 Å². The van der Waals surface area contributed by atoms with Gasteiger partial charge in [0.25, 0.3) is 0 Å². The lowest BCUT2D eigenvalue weighted by Crippen LogP contribution is -2.76. The van der Waals surface area contributed by atoms with Crippen molar-refractivity contribution in [2.24, 2.45) is 0 Å². The summed E-state index contributed by atoms with van der Waals surface area (Å²) in [5.41, 5.74) is 1.79. The number of urea groups is 1. The second kappa shape index (κ2) is 14.4. The van der Waals surface area contributed by atoms with Crippen molar-refractivity contribution in [3.8, 4) is 0 Å². The van der Waals surface area contributed by atoms with Crippen LogP contribution in [0, 0.1) is 5.82 Å². The minimum absolute atomic E-state index is 0.0687. The first-order valence-electron chi connectivity index (χ1n) is 14.0. The van der Waals surface area contributed by atoms with Crippen LogP contribution in [0.5, 0.6) is 0 Å². The van der Waals surface area contributed by atoms with Gasteiger partial charge in [0, 0.05) is 26.7 Å². The third kappa shape index (κ3) is 7.64. The number of hydrogen-bond acceptors (Lipinski definition) is 6. The molecule has 0 radical (unpaired) electrons. The van der Waals surface area contributed by atoms with E-state index < -0.39 is 18.3 Å². The summed E-state index contributed by atoms with van der Waals surface area (Å²) in [6.45, 7) is 4.50. The van der Waals surface area contributed by atoms with Crippen LogP contribution in [-0.4, -0.2) is 95.8 Å². The highest BCUT2D eigenvalue weighted by molar-refractivity contribution is 5.91. The van der Waals surface area contributed by atoms with Crippen LogP contribution < -0.4 is 10.6 Å². The van der Waals surface area contributed by atoms with Gasteiger partial charge in [0.15, 0.2) is 0 Å². The summed E-state index contributed by atoms with van der Waals surface area (Å²) < 4.78 is 18.3. The van der Waals surface area contributed by atoms with E-state index in [1.807, 2.05) is 30.3 Å². The summed E-state index contributed by atoms with van der Waals surface area (Å²) in [6.07, 6.45) is 1.29. The van der Waals surface area contributed by atoms with Crippen LogP contribution in [0.25, 0.3) is 0 Å². The number of alkyl carbamates (subject to hydrolysis) is 1. The lowest BCUT2D eigenvalue weighted by Gasteiger charge is -2.54. The predicted molar refractivity (Wildman–Crippen MR) is 153 cm³/mol. The fourth-order valence-electron chi connectivity index (χ4n) is 5.22. The number of amides is 5. The highest BCUT2D eigenvalue weighted by atomic mass is 19.1. The molecule has 12 heteroatoms. The molecule has 5 amide bonds. The Balaban J connectivity index is 1.51. The molecule has 0 spiro atoms. The first-order chi connectivity index (χ1) is 20.3. The van der Waals surface area contributed by atoms with Gasteiger partial charge < -0.3 is 25.2 Å². The highest BCUT2D eigenvalue weighted by Crippen LogP contribution is 2.28. The first kappa shape index (κ1) is 30.5. The molecule has 2 aliphatic heterocycles. The molecule has 0 aliphatic carbocycles. The number of hydrazine groups is 1. The van der Waals surface area contributed by atoms with Crippen LogP contribution in [0.2, 0.25) is 0 Å². The molecular formula is C30H37FN6O5. The fourth-order valence-corrected chi connectivity index (χ4v) is 5.22. The van der Waals surface area contributed by atoms with Crippen molar-refractivity contribution in [2.45, 2.75) is 38.0 Å². The highest BCUT2D eigenvalue weighted by Gasteiger charge is 2.50. The van der Waals surface area contributed by atoms with Crippen molar-refractivity contribution < 1.29 is 28.3 Å². The van der Waals surface area contributed by atoms with E-state index in [-0.39, 0.29) is 56.3 Å². The van der Waals surface area contributed by atoms with E-state index in [4.69, 9.17) is 4.74 Å². The van der Waals surface area contributed by atoms with E-state index in [1.54, 1.807) is 29.1 Å². The zero-order chi connectivity index (χ0) is 30.1. The zero-order valence-electron chi connectivity index (χ0n) is 23.7. The van der Waals surface area contributed by atoms with Crippen LogP contribution in [0.4, 0.5) is 14.0 Å². The Morgan fingerprint density at radius 3 is 2.52 bits per heavy atom. The molecule has 2 N–H and O–H groups in total. The molecule has 2 aromatic carbocycles. The minimum atomic E-state index is -0.825. The average molecular weight is 581 g/mol. The molecule has 4 rings (SSSR count). The summed E-state index contributed by atoms with van der Waals surface area (Å²) in [5.74, 6) is -0.832. The quantitative estimate of drug-likeness (QED) is 0.312. The van der Waals surface area contributed by atoms with Gasteiger partial charge in [-0.1, -0.05) is 55.1 Å². The molecule has 0 saturated carbocycles. The second-order valence-corrected chi connectivity index (χ2v) is 10.2. The molecule has 2 fully saturated rings. The smallest absolute Gasteiger partial charge is 0.407 e. The molecular weight excluding hydrogens is 543 g/mol. The van der Waals surface area contributed by atoms with Crippen LogP contribution in [0.3, 0.4) is 0 Å². The number of benzene rings is 2. The number of piperazine rings is 1. The van der Waals surface area contributed by atoms with Crippen LogP contribution in [-0.2, 0) is 27.3 Å². The van der Waals surface area contributed by atoms with Crippen LogP contribution >= 0.6 is 0 Å². The van der Waals surface area contributed by atoms with E-state index in [1.165, 1.54) is 28.1 Å². The van der Waals surface area contributed by atoms with E-state index in [0.717, 1.165) is 11.1 Å². The van der Waals surface area contributed by atoms with E-state index >= 15 is 0 Å². The van der Waals surface area contributed by atoms with Gasteiger partial charge in [-0.15, -0.1) is 0 Å². The number of hydrogen-bond donors (Lipinski definition) is 2. The summed E-state index contributed by atoms with van der Waals surface area (Å²) in [4.78, 5) is 55.6. The van der Waals surface area contributed by atoms with Crippen molar-refractivity contribution in [3.05, 3.63) is 84.2 Å². The number of fused-ring (bicyclic) bond motifs is 1. The number of ether oxygens (including phenoxy) is 1. The Morgan fingerprint density at radius 1 is 1.07 bits per heavy atom. The Morgan fingerprint density at radius 2 is 1.81 bits per heavy atom. The molecule has 2 heterocycles. The number of likely N-dealkylation sites (N-methyl/N-ethyl adjacent to an activating group) is 1. The SMILES string of the molecule is C=CCOC(=O)NCCC[C@H]1C(=O)N(CCc2ccc(F)cc2)CC2N1C(=O)CN(C)N2C(=O)NCc1ccccc1. The summed E-state index contributed by atoms with van der Waals surface area (Å²) in [6, 6.07) is 14.4. The number of halogens is 1. The number of nitrogens with one attached hydrogen (secondary N) is 2. The normalized spacial score (nSPS) is 18.9. The van der Waals surface area contributed by atoms with Crippen molar-refractivity contribution in [1.82, 2.24) is 30.5 Å². The third-order valence-electron chi connectivity index (χ3n) is 7.27. The van der Waals surface area contributed by atoms with Gasteiger partial charge in [0.05, 0.1) is 13.1 Å². The van der Waals surface area contributed by atoms with Gasteiger partial charge in [-0.3, -0.25) is 9.59 Å². The average Bonchev–Trinajstić information content (AvgIpc) is 2.98. The number of carbonyl (C=O) groups is 4. The van der Waals surface area contributed by atoms with Gasteiger partial charge in [0.2, 0.25) is 11.8 Å². The zero-order valence-corrected chi connectivity index (χ0v) is 23.7. The van der Waals surface area contributed by atoms with Crippen molar-refractivity contribution in [3.63, 3.8) is 0 Å². The Bertz CT molecular complexity index is 1260. The molecule has 0 aromatic heterocycles.